The minimum Gasteiger partial charge on any atom is -0.341 e. The number of benzene rings is 1. The third kappa shape index (κ3) is 1.59. The first kappa shape index (κ1) is 8.72. The van der Waals surface area contributed by atoms with Crippen molar-refractivity contribution in [2.24, 2.45) is 5.73 Å². The van der Waals surface area contributed by atoms with Crippen molar-refractivity contribution in [3.63, 3.8) is 0 Å². The number of aromatic nitrogens is 2. The molecule has 68 valence electrons. The van der Waals surface area contributed by atoms with E-state index in [0.717, 1.165) is 21.3 Å². The number of nitrogens with zero attached hydrogens (tertiary/aromatic N) is 1. The van der Waals surface area contributed by atoms with Gasteiger partial charge in [0.25, 0.3) is 0 Å². The van der Waals surface area contributed by atoms with Crippen molar-refractivity contribution in [3.8, 4) is 0 Å². The Hall–Kier alpha value is -0.870. The molecule has 0 spiro atoms. The molecule has 1 heterocycles. The van der Waals surface area contributed by atoms with Crippen molar-refractivity contribution in [1.82, 2.24) is 9.97 Å². The molecule has 1 aromatic heterocycles. The van der Waals surface area contributed by atoms with E-state index in [1.165, 1.54) is 0 Å². The highest BCUT2D eigenvalue weighted by Gasteiger charge is 2.05. The Kier molecular flexibility index (Phi) is 2.09. The average molecular weight is 240 g/mol. The average Bonchev–Trinajstić information content (AvgIpc) is 2.46. The molecule has 0 fully saturated rings. The molecule has 2 aromatic rings. The second-order valence-electron chi connectivity index (χ2n) is 3.07. The number of nitrogens with one attached hydrogen (secondary N) is 1. The van der Waals surface area contributed by atoms with E-state index in [-0.39, 0.29) is 6.04 Å². The van der Waals surface area contributed by atoms with Crippen molar-refractivity contribution in [1.29, 1.82) is 0 Å². The van der Waals surface area contributed by atoms with E-state index in [4.69, 9.17) is 5.73 Å². The fourth-order valence-corrected chi connectivity index (χ4v) is 1.56. The molecule has 0 aliphatic rings. The van der Waals surface area contributed by atoms with Crippen LogP contribution >= 0.6 is 15.9 Å². The summed E-state index contributed by atoms with van der Waals surface area (Å²) in [5.74, 6) is 0.827. The van der Waals surface area contributed by atoms with E-state index in [2.05, 4.69) is 25.9 Å². The van der Waals surface area contributed by atoms with Crippen LogP contribution in [-0.2, 0) is 0 Å². The predicted molar refractivity (Wildman–Crippen MR) is 56.4 cm³/mol. The Bertz CT molecular complexity index is 433. The third-order valence-corrected chi connectivity index (χ3v) is 2.39. The number of imidazole rings is 1. The van der Waals surface area contributed by atoms with Gasteiger partial charge in [0, 0.05) is 4.47 Å². The number of aromatic amines is 1. The summed E-state index contributed by atoms with van der Waals surface area (Å²) in [4.78, 5) is 7.53. The number of fused-ring (bicyclic) bond motifs is 1. The summed E-state index contributed by atoms with van der Waals surface area (Å²) in [6.45, 7) is 1.91. The van der Waals surface area contributed by atoms with Gasteiger partial charge in [0.2, 0.25) is 0 Å². The first-order valence-electron chi connectivity index (χ1n) is 4.07. The van der Waals surface area contributed by atoms with Crippen LogP contribution in [0, 0.1) is 0 Å². The maximum atomic E-state index is 5.71. The van der Waals surface area contributed by atoms with Gasteiger partial charge in [-0.15, -0.1) is 0 Å². The molecule has 0 unspecified atom stereocenters. The summed E-state index contributed by atoms with van der Waals surface area (Å²) in [5, 5.41) is 0. The Morgan fingerprint density at radius 2 is 2.31 bits per heavy atom. The molecule has 0 aliphatic heterocycles. The molecule has 0 saturated carbocycles. The predicted octanol–water partition coefficient (Wildman–Crippen LogP) is 2.35. The molecule has 0 aliphatic carbocycles. The van der Waals surface area contributed by atoms with Gasteiger partial charge in [-0.2, -0.15) is 0 Å². The highest BCUT2D eigenvalue weighted by Crippen LogP contribution is 2.19. The van der Waals surface area contributed by atoms with Gasteiger partial charge in [0.05, 0.1) is 17.1 Å². The van der Waals surface area contributed by atoms with Gasteiger partial charge in [0.1, 0.15) is 5.82 Å². The SMILES string of the molecule is C[C@H](N)c1nc2cc(Br)ccc2[nH]1. The number of hydrogen-bond donors (Lipinski definition) is 2. The minimum absolute atomic E-state index is 0.0498. The molecule has 4 heteroatoms. The van der Waals surface area contributed by atoms with E-state index in [0.29, 0.717) is 0 Å². The zero-order valence-corrected chi connectivity index (χ0v) is 8.80. The van der Waals surface area contributed by atoms with E-state index in [9.17, 15) is 0 Å². The van der Waals surface area contributed by atoms with Crippen molar-refractivity contribution < 1.29 is 0 Å². The fourth-order valence-electron chi connectivity index (χ4n) is 1.21. The van der Waals surface area contributed by atoms with Gasteiger partial charge in [-0.1, -0.05) is 15.9 Å². The van der Waals surface area contributed by atoms with Crippen LogP contribution in [0.3, 0.4) is 0 Å². The quantitative estimate of drug-likeness (QED) is 0.803. The number of hydrogen-bond acceptors (Lipinski definition) is 2. The highest BCUT2D eigenvalue weighted by atomic mass is 79.9. The molecule has 0 amide bonds. The lowest BCUT2D eigenvalue weighted by Crippen LogP contribution is -2.06. The monoisotopic (exact) mass is 239 g/mol. The van der Waals surface area contributed by atoms with Crippen molar-refractivity contribution >= 4 is 27.0 Å². The van der Waals surface area contributed by atoms with Crippen LogP contribution < -0.4 is 5.73 Å². The summed E-state index contributed by atoms with van der Waals surface area (Å²) < 4.78 is 1.03. The van der Waals surface area contributed by atoms with E-state index >= 15 is 0 Å². The summed E-state index contributed by atoms with van der Waals surface area (Å²) in [7, 11) is 0. The first-order valence-corrected chi connectivity index (χ1v) is 4.87. The number of halogens is 1. The van der Waals surface area contributed by atoms with E-state index in [1.807, 2.05) is 25.1 Å². The summed E-state index contributed by atoms with van der Waals surface area (Å²) >= 11 is 3.39. The molecule has 2 rings (SSSR count). The first-order chi connectivity index (χ1) is 6.16. The second kappa shape index (κ2) is 3.12. The van der Waals surface area contributed by atoms with Crippen LogP contribution in [0.2, 0.25) is 0 Å². The smallest absolute Gasteiger partial charge is 0.123 e. The second-order valence-corrected chi connectivity index (χ2v) is 3.99. The maximum absolute atomic E-state index is 5.71. The van der Waals surface area contributed by atoms with Crippen molar-refractivity contribution in [2.45, 2.75) is 13.0 Å². The molecule has 1 atom stereocenters. The van der Waals surface area contributed by atoms with Crippen molar-refractivity contribution in [2.75, 3.05) is 0 Å². The fraction of sp³-hybridized carbons (Fsp3) is 0.222. The summed E-state index contributed by atoms with van der Waals surface area (Å²) in [5.41, 5.74) is 7.68. The zero-order valence-electron chi connectivity index (χ0n) is 7.21. The minimum atomic E-state index is -0.0498. The molecule has 1 aromatic carbocycles. The van der Waals surface area contributed by atoms with Gasteiger partial charge in [-0.25, -0.2) is 4.98 Å². The van der Waals surface area contributed by atoms with E-state index < -0.39 is 0 Å². The lowest BCUT2D eigenvalue weighted by molar-refractivity contribution is 0.760. The summed E-state index contributed by atoms with van der Waals surface area (Å²) in [6.07, 6.45) is 0. The molecule has 13 heavy (non-hydrogen) atoms. The molecule has 0 bridgehead atoms. The van der Waals surface area contributed by atoms with Gasteiger partial charge < -0.3 is 10.7 Å². The van der Waals surface area contributed by atoms with Crippen LogP contribution in [-0.4, -0.2) is 9.97 Å². The van der Waals surface area contributed by atoms with Crippen LogP contribution in [0.15, 0.2) is 22.7 Å². The van der Waals surface area contributed by atoms with Crippen LogP contribution in [0.5, 0.6) is 0 Å². The summed E-state index contributed by atoms with van der Waals surface area (Å²) in [6, 6.07) is 5.88. The molecule has 3 nitrogen and oxygen atoms in total. The maximum Gasteiger partial charge on any atom is 0.123 e. The van der Waals surface area contributed by atoms with Gasteiger partial charge >= 0.3 is 0 Å². The molecule has 0 saturated heterocycles. The Morgan fingerprint density at radius 3 is 3.00 bits per heavy atom. The standard InChI is InChI=1S/C9H10BrN3/c1-5(11)9-12-7-3-2-6(10)4-8(7)13-9/h2-5H,11H2,1H3,(H,12,13)/t5-/m0/s1. The molecule has 3 N–H and O–H groups in total. The van der Waals surface area contributed by atoms with Gasteiger partial charge in [-0.05, 0) is 25.1 Å². The molecule has 0 radical (unpaired) electrons. The Balaban J connectivity index is 2.62. The van der Waals surface area contributed by atoms with E-state index in [1.54, 1.807) is 0 Å². The highest BCUT2D eigenvalue weighted by molar-refractivity contribution is 9.10. The molecular formula is C9H10BrN3. The lowest BCUT2D eigenvalue weighted by atomic mass is 10.3. The van der Waals surface area contributed by atoms with Crippen LogP contribution in [0.25, 0.3) is 11.0 Å². The van der Waals surface area contributed by atoms with Crippen LogP contribution in [0.1, 0.15) is 18.8 Å². The molecular weight excluding hydrogens is 230 g/mol. The third-order valence-electron chi connectivity index (χ3n) is 1.89. The Labute approximate surface area is 84.5 Å². The van der Waals surface area contributed by atoms with Crippen molar-refractivity contribution in [3.05, 3.63) is 28.5 Å². The normalized spacial score (nSPS) is 13.5. The largest absolute Gasteiger partial charge is 0.341 e. The van der Waals surface area contributed by atoms with Crippen LogP contribution in [0.4, 0.5) is 0 Å². The lowest BCUT2D eigenvalue weighted by Gasteiger charge is -1.96. The number of nitrogens with two attached hydrogens (primary N) is 1. The van der Waals surface area contributed by atoms with Gasteiger partial charge in [0.15, 0.2) is 0 Å². The van der Waals surface area contributed by atoms with Gasteiger partial charge in [-0.3, -0.25) is 0 Å². The Morgan fingerprint density at radius 1 is 1.54 bits per heavy atom. The number of rotatable bonds is 1. The zero-order chi connectivity index (χ0) is 9.42. The topological polar surface area (TPSA) is 54.7 Å². The number of H-pyrrole nitrogens is 1.